The average molecular weight is 256 g/mol. The van der Waals surface area contributed by atoms with Gasteiger partial charge in [-0.2, -0.15) is 10.2 Å². The molecule has 0 spiro atoms. The first-order valence-corrected chi connectivity index (χ1v) is 5.83. The van der Waals surface area contributed by atoms with Crippen LogP contribution in [0, 0.1) is 11.1 Å². The summed E-state index contributed by atoms with van der Waals surface area (Å²) in [5, 5.41) is 6.49. The van der Waals surface area contributed by atoms with Crippen molar-refractivity contribution in [3.05, 3.63) is 54.6 Å². The van der Waals surface area contributed by atoms with Crippen molar-refractivity contribution in [1.29, 1.82) is 11.1 Å². The minimum absolute atomic E-state index is 0.647. The number of nitrogens with zero attached hydrogens (tertiary/aromatic N) is 2. The van der Waals surface area contributed by atoms with Crippen molar-refractivity contribution >= 4 is 11.4 Å². The highest BCUT2D eigenvalue weighted by Crippen LogP contribution is 2.17. The molecule has 0 heterocycles. The van der Waals surface area contributed by atoms with Crippen LogP contribution in [-0.4, -0.2) is 6.61 Å². The number of ether oxygens (including phenoxy) is 1. The third kappa shape index (κ3) is 5.54. The number of nitrogens with one attached hydrogen (secondary N) is 2. The van der Waals surface area contributed by atoms with Crippen molar-refractivity contribution < 1.29 is 4.74 Å². The minimum Gasteiger partial charge on any atom is -0.494 e. The second-order valence-corrected chi connectivity index (χ2v) is 3.49. The normalized spacial score (nSPS) is 8.89. The summed E-state index contributed by atoms with van der Waals surface area (Å²) < 4.78 is 5.20. The van der Waals surface area contributed by atoms with Crippen molar-refractivity contribution in [3.63, 3.8) is 0 Å². The van der Waals surface area contributed by atoms with Crippen LogP contribution >= 0.6 is 0 Å². The minimum atomic E-state index is 0.647. The Labute approximate surface area is 112 Å². The molecule has 5 heteroatoms. The van der Waals surface area contributed by atoms with Crippen molar-refractivity contribution in [2.45, 2.75) is 6.92 Å². The first-order chi connectivity index (χ1) is 9.30. The summed E-state index contributed by atoms with van der Waals surface area (Å²) >= 11 is 0. The molecular weight excluding hydrogens is 240 g/mol. The highest BCUT2D eigenvalue weighted by molar-refractivity contribution is 5.40. The molecule has 0 radical (unpaired) electrons. The second-order valence-electron chi connectivity index (χ2n) is 3.49. The highest BCUT2D eigenvalue weighted by atomic mass is 16.5. The number of hydrogen-bond acceptors (Lipinski definition) is 5. The zero-order chi connectivity index (χ0) is 13.9. The maximum absolute atomic E-state index is 6.70. The second kappa shape index (κ2) is 8.52. The lowest BCUT2D eigenvalue weighted by Crippen LogP contribution is -1.89. The van der Waals surface area contributed by atoms with E-state index in [2.05, 4.69) is 10.2 Å². The van der Waals surface area contributed by atoms with Gasteiger partial charge in [0.25, 0.3) is 0 Å². The van der Waals surface area contributed by atoms with E-state index in [1.54, 1.807) is 36.4 Å². The maximum Gasteiger partial charge on any atom is 0.119 e. The zero-order valence-corrected chi connectivity index (χ0v) is 10.7. The van der Waals surface area contributed by atoms with Crippen LogP contribution in [0.1, 0.15) is 6.92 Å². The molecule has 5 nitrogen and oxygen atoms in total. The summed E-state index contributed by atoms with van der Waals surface area (Å²) in [4.78, 5) is 0. The molecule has 2 N–H and O–H groups in total. The molecule has 0 aliphatic heterocycles. The lowest BCUT2D eigenvalue weighted by atomic mass is 10.3. The molecule has 98 valence electrons. The van der Waals surface area contributed by atoms with Gasteiger partial charge < -0.3 is 4.74 Å². The molecule has 0 aromatic heterocycles. The van der Waals surface area contributed by atoms with Crippen LogP contribution in [-0.2, 0) is 0 Å². The van der Waals surface area contributed by atoms with E-state index in [4.69, 9.17) is 15.8 Å². The molecule has 0 fully saturated rings. The van der Waals surface area contributed by atoms with E-state index in [-0.39, 0.29) is 0 Å². The van der Waals surface area contributed by atoms with Gasteiger partial charge in [-0.1, -0.05) is 18.2 Å². The van der Waals surface area contributed by atoms with Gasteiger partial charge in [0, 0.05) is 0 Å². The smallest absolute Gasteiger partial charge is 0.119 e. The molecule has 2 rings (SSSR count). The van der Waals surface area contributed by atoms with E-state index < -0.39 is 0 Å². The number of rotatable bonds is 4. The maximum atomic E-state index is 6.70. The van der Waals surface area contributed by atoms with Crippen LogP contribution in [0.25, 0.3) is 0 Å². The lowest BCUT2D eigenvalue weighted by molar-refractivity contribution is 0.340. The fourth-order valence-electron chi connectivity index (χ4n) is 1.29. The van der Waals surface area contributed by atoms with Crippen molar-refractivity contribution in [2.75, 3.05) is 6.61 Å². The standard InChI is InChI=1S/C8H10N2O.C6H6N2/c1-2-11-8-5-3-7(10-9)4-6-8;7-8-6-4-2-1-3-5-6/h3-6,9H,2H2,1H3;1-5,7H. The molecule has 0 bridgehead atoms. The Morgan fingerprint density at radius 2 is 1.37 bits per heavy atom. The van der Waals surface area contributed by atoms with Crippen LogP contribution in [0.4, 0.5) is 11.4 Å². The van der Waals surface area contributed by atoms with Gasteiger partial charge in [0.15, 0.2) is 0 Å². The van der Waals surface area contributed by atoms with Crippen LogP contribution in [0.15, 0.2) is 64.8 Å². The summed E-state index contributed by atoms with van der Waals surface area (Å²) in [7, 11) is 0. The predicted octanol–water partition coefficient (Wildman–Crippen LogP) is 5.10. The summed E-state index contributed by atoms with van der Waals surface area (Å²) in [5.41, 5.74) is 14.6. The first-order valence-electron chi connectivity index (χ1n) is 5.83. The molecular formula is C14H16N4O. The number of benzene rings is 2. The van der Waals surface area contributed by atoms with Gasteiger partial charge in [-0.25, -0.2) is 11.1 Å². The molecule has 0 aliphatic carbocycles. The third-order valence-electron chi connectivity index (χ3n) is 2.16. The lowest BCUT2D eigenvalue weighted by Gasteiger charge is -2.00. The highest BCUT2D eigenvalue weighted by Gasteiger charge is 1.90. The van der Waals surface area contributed by atoms with Crippen LogP contribution in [0.3, 0.4) is 0 Å². The van der Waals surface area contributed by atoms with E-state index >= 15 is 0 Å². The Balaban J connectivity index is 0.000000200. The Morgan fingerprint density at radius 1 is 0.842 bits per heavy atom. The van der Waals surface area contributed by atoms with Crippen LogP contribution in [0.5, 0.6) is 5.75 Å². The van der Waals surface area contributed by atoms with Crippen LogP contribution < -0.4 is 4.74 Å². The molecule has 0 unspecified atom stereocenters. The molecule has 0 saturated carbocycles. The molecule has 19 heavy (non-hydrogen) atoms. The summed E-state index contributed by atoms with van der Waals surface area (Å²) in [6.45, 7) is 2.60. The van der Waals surface area contributed by atoms with E-state index in [0.717, 1.165) is 5.75 Å². The van der Waals surface area contributed by atoms with Gasteiger partial charge in [0.2, 0.25) is 0 Å². The zero-order valence-electron chi connectivity index (χ0n) is 10.7. The van der Waals surface area contributed by atoms with Crippen LogP contribution in [0.2, 0.25) is 0 Å². The van der Waals surface area contributed by atoms with Crippen molar-refractivity contribution in [2.24, 2.45) is 10.2 Å². The van der Waals surface area contributed by atoms with Gasteiger partial charge in [0.1, 0.15) is 5.75 Å². The summed E-state index contributed by atoms with van der Waals surface area (Å²) in [6, 6.07) is 16.3. The Hall–Kier alpha value is -2.56. The van der Waals surface area contributed by atoms with Gasteiger partial charge in [-0.05, 0) is 43.3 Å². The average Bonchev–Trinajstić information content (AvgIpc) is 2.50. The molecule has 0 amide bonds. The molecule has 2 aromatic carbocycles. The summed E-state index contributed by atoms with van der Waals surface area (Å²) in [5.74, 6) is 0.819. The van der Waals surface area contributed by atoms with Crippen molar-refractivity contribution in [3.8, 4) is 5.75 Å². The monoisotopic (exact) mass is 256 g/mol. The molecule has 0 atom stereocenters. The summed E-state index contributed by atoms with van der Waals surface area (Å²) in [6.07, 6.45) is 0. The SMILES string of the molecule is CCOc1ccc(N=N)cc1.N=Nc1ccccc1. The third-order valence-corrected chi connectivity index (χ3v) is 2.16. The number of hydrogen-bond donors (Lipinski definition) is 2. The number of para-hydroxylation sites is 1. The Morgan fingerprint density at radius 3 is 1.79 bits per heavy atom. The fourth-order valence-corrected chi connectivity index (χ4v) is 1.29. The quantitative estimate of drug-likeness (QED) is 0.733. The molecule has 2 aromatic rings. The van der Waals surface area contributed by atoms with E-state index in [1.807, 2.05) is 25.1 Å². The largest absolute Gasteiger partial charge is 0.494 e. The van der Waals surface area contributed by atoms with E-state index in [0.29, 0.717) is 18.0 Å². The molecule has 0 saturated heterocycles. The van der Waals surface area contributed by atoms with Gasteiger partial charge in [-0.15, -0.1) is 0 Å². The fraction of sp³-hybridized carbons (Fsp3) is 0.143. The van der Waals surface area contributed by atoms with Crippen molar-refractivity contribution in [1.82, 2.24) is 0 Å². The molecule has 0 aliphatic rings. The van der Waals surface area contributed by atoms with E-state index in [1.165, 1.54) is 0 Å². The Bertz CT molecular complexity index is 497. The van der Waals surface area contributed by atoms with E-state index in [9.17, 15) is 0 Å². The first kappa shape index (κ1) is 14.5. The van der Waals surface area contributed by atoms with Gasteiger partial charge in [0.05, 0.1) is 18.0 Å². The van der Waals surface area contributed by atoms with Gasteiger partial charge in [-0.3, -0.25) is 0 Å². The predicted molar refractivity (Wildman–Crippen MR) is 73.7 cm³/mol. The van der Waals surface area contributed by atoms with Gasteiger partial charge >= 0.3 is 0 Å². The Kier molecular flexibility index (Phi) is 6.50. The topological polar surface area (TPSA) is 81.6 Å².